The van der Waals surface area contributed by atoms with Gasteiger partial charge in [0.05, 0.1) is 22.0 Å². The molecule has 22 heavy (non-hydrogen) atoms. The fourth-order valence-electron chi connectivity index (χ4n) is 2.02. The molecule has 3 aromatic rings. The molecule has 2 heterocycles. The van der Waals surface area contributed by atoms with Gasteiger partial charge in [0.1, 0.15) is 0 Å². The van der Waals surface area contributed by atoms with Crippen LogP contribution < -0.4 is 5.32 Å². The van der Waals surface area contributed by atoms with Crippen LogP contribution >= 0.6 is 11.3 Å². The number of non-ortho nitro benzene ring substituents is 1. The van der Waals surface area contributed by atoms with E-state index >= 15 is 0 Å². The maximum Gasteiger partial charge on any atom is 0.270 e. The molecule has 0 aliphatic heterocycles. The van der Waals surface area contributed by atoms with E-state index in [0.29, 0.717) is 16.8 Å². The third-order valence-electron chi connectivity index (χ3n) is 3.09. The Balaban J connectivity index is 1.78. The Hall–Kier alpha value is -2.80. The number of fused-ring (bicyclic) bond motifs is 1. The molecule has 110 valence electrons. The fraction of sp³-hybridized carbons (Fsp3) is 0.0667. The lowest BCUT2D eigenvalue weighted by molar-refractivity contribution is -0.384. The minimum atomic E-state index is -0.447. The zero-order chi connectivity index (χ0) is 15.5. The van der Waals surface area contributed by atoms with E-state index in [1.807, 2.05) is 18.2 Å². The molecule has 2 aromatic heterocycles. The van der Waals surface area contributed by atoms with Crippen molar-refractivity contribution in [1.82, 2.24) is 10.3 Å². The molecule has 0 saturated carbocycles. The Kier molecular flexibility index (Phi) is 3.80. The molecule has 0 bridgehead atoms. The number of pyridine rings is 1. The number of carbonyl (C=O) groups is 1. The maximum atomic E-state index is 12.1. The van der Waals surface area contributed by atoms with Crippen LogP contribution in [0.4, 0.5) is 5.69 Å². The largest absolute Gasteiger partial charge is 0.346 e. The maximum absolute atomic E-state index is 12.1. The number of hydrogen-bond acceptors (Lipinski definition) is 5. The van der Waals surface area contributed by atoms with Crippen LogP contribution in [0, 0.1) is 10.1 Å². The molecule has 3 rings (SSSR count). The molecule has 0 radical (unpaired) electrons. The van der Waals surface area contributed by atoms with Gasteiger partial charge in [0.2, 0.25) is 0 Å². The molecular weight excluding hydrogens is 302 g/mol. The molecule has 0 atom stereocenters. The second kappa shape index (κ2) is 5.90. The third-order valence-corrected chi connectivity index (χ3v) is 4.21. The molecule has 0 spiro atoms. The summed E-state index contributed by atoms with van der Waals surface area (Å²) in [6.07, 6.45) is 1.67. The second-order valence-electron chi connectivity index (χ2n) is 4.59. The second-order valence-corrected chi connectivity index (χ2v) is 5.68. The zero-order valence-electron chi connectivity index (χ0n) is 11.4. The van der Waals surface area contributed by atoms with Crippen molar-refractivity contribution < 1.29 is 9.72 Å². The van der Waals surface area contributed by atoms with E-state index < -0.39 is 4.92 Å². The summed E-state index contributed by atoms with van der Waals surface area (Å²) < 4.78 is 0.841. The van der Waals surface area contributed by atoms with Crippen LogP contribution in [0.25, 0.3) is 10.1 Å². The number of nitro groups is 1. The number of benzene rings is 1. The number of aromatic nitrogens is 1. The standard InChI is InChI=1S/C15H11N3O3S/c19-15(17-9-11-3-1-2-6-16-11)14-8-10-7-12(18(20)21)4-5-13(10)22-14/h1-8H,9H2,(H,17,19). The number of hydrogen-bond donors (Lipinski definition) is 1. The van der Waals surface area contributed by atoms with E-state index in [0.717, 1.165) is 10.4 Å². The molecule has 6 nitrogen and oxygen atoms in total. The Morgan fingerprint density at radius 2 is 2.14 bits per heavy atom. The Morgan fingerprint density at radius 3 is 2.86 bits per heavy atom. The monoisotopic (exact) mass is 313 g/mol. The van der Waals surface area contributed by atoms with Crippen LogP contribution in [0.5, 0.6) is 0 Å². The van der Waals surface area contributed by atoms with Gasteiger partial charge >= 0.3 is 0 Å². The number of thiophene rings is 1. The first-order valence-electron chi connectivity index (χ1n) is 6.49. The van der Waals surface area contributed by atoms with Crippen LogP contribution in [0.1, 0.15) is 15.4 Å². The van der Waals surface area contributed by atoms with Gasteiger partial charge in [-0.05, 0) is 24.3 Å². The zero-order valence-corrected chi connectivity index (χ0v) is 12.2. The van der Waals surface area contributed by atoms with Crippen LogP contribution in [-0.2, 0) is 6.54 Å². The number of nitro benzene ring substituents is 1. The minimum Gasteiger partial charge on any atom is -0.346 e. The number of rotatable bonds is 4. The van der Waals surface area contributed by atoms with Gasteiger partial charge in [0, 0.05) is 28.4 Å². The minimum absolute atomic E-state index is 0.0192. The molecule has 0 aliphatic carbocycles. The summed E-state index contributed by atoms with van der Waals surface area (Å²) in [5.74, 6) is -0.213. The number of amides is 1. The highest BCUT2D eigenvalue weighted by Crippen LogP contribution is 2.28. The van der Waals surface area contributed by atoms with Crippen molar-refractivity contribution in [3.63, 3.8) is 0 Å². The van der Waals surface area contributed by atoms with Gasteiger partial charge in [-0.25, -0.2) is 0 Å². The SMILES string of the molecule is O=C(NCc1ccccn1)c1cc2cc([N+](=O)[O-])ccc2s1. The summed E-state index contributed by atoms with van der Waals surface area (Å²) in [4.78, 5) is 27.1. The normalized spacial score (nSPS) is 10.5. The van der Waals surface area contributed by atoms with Crippen LogP contribution in [0.15, 0.2) is 48.7 Å². The average Bonchev–Trinajstić information content (AvgIpc) is 2.96. The summed E-state index contributed by atoms with van der Waals surface area (Å²) in [7, 11) is 0. The average molecular weight is 313 g/mol. The van der Waals surface area contributed by atoms with Crippen LogP contribution in [0.3, 0.4) is 0 Å². The van der Waals surface area contributed by atoms with E-state index in [1.165, 1.54) is 23.5 Å². The first-order chi connectivity index (χ1) is 10.6. The van der Waals surface area contributed by atoms with Crippen LogP contribution in [0.2, 0.25) is 0 Å². The Morgan fingerprint density at radius 1 is 1.27 bits per heavy atom. The number of nitrogens with one attached hydrogen (secondary N) is 1. The van der Waals surface area contributed by atoms with E-state index in [9.17, 15) is 14.9 Å². The molecule has 0 saturated heterocycles. The first kappa shape index (κ1) is 14.2. The van der Waals surface area contributed by atoms with Crippen molar-refractivity contribution >= 4 is 33.0 Å². The predicted octanol–water partition coefficient (Wildman–Crippen LogP) is 3.13. The van der Waals surface area contributed by atoms with Gasteiger partial charge in [-0.15, -0.1) is 11.3 Å². The van der Waals surface area contributed by atoms with Crippen molar-refractivity contribution in [1.29, 1.82) is 0 Å². The number of nitrogens with zero attached hydrogens (tertiary/aromatic N) is 2. The molecule has 1 aromatic carbocycles. The molecule has 1 amide bonds. The Bertz CT molecular complexity index is 846. The van der Waals surface area contributed by atoms with Crippen molar-refractivity contribution in [2.75, 3.05) is 0 Å². The lowest BCUT2D eigenvalue weighted by atomic mass is 10.2. The molecule has 7 heteroatoms. The highest BCUT2D eigenvalue weighted by Gasteiger charge is 2.13. The number of carbonyl (C=O) groups excluding carboxylic acids is 1. The van der Waals surface area contributed by atoms with Gasteiger partial charge < -0.3 is 5.32 Å². The molecule has 0 fully saturated rings. The topological polar surface area (TPSA) is 85.1 Å². The molecular formula is C15H11N3O3S. The summed E-state index contributed by atoms with van der Waals surface area (Å²) in [5, 5.41) is 14.3. The quantitative estimate of drug-likeness (QED) is 0.592. The van der Waals surface area contributed by atoms with Crippen molar-refractivity contribution in [3.05, 3.63) is 69.3 Å². The first-order valence-corrected chi connectivity index (χ1v) is 7.31. The van der Waals surface area contributed by atoms with E-state index in [1.54, 1.807) is 18.3 Å². The van der Waals surface area contributed by atoms with Gasteiger partial charge in [-0.1, -0.05) is 6.07 Å². The van der Waals surface area contributed by atoms with Gasteiger partial charge in [0.25, 0.3) is 11.6 Å². The van der Waals surface area contributed by atoms with Crippen molar-refractivity contribution in [3.8, 4) is 0 Å². The summed E-state index contributed by atoms with van der Waals surface area (Å²) in [6, 6.07) is 11.7. The van der Waals surface area contributed by atoms with E-state index in [2.05, 4.69) is 10.3 Å². The summed E-state index contributed by atoms with van der Waals surface area (Å²) in [6.45, 7) is 0.341. The lowest BCUT2D eigenvalue weighted by Gasteiger charge is -2.02. The lowest BCUT2D eigenvalue weighted by Crippen LogP contribution is -2.22. The van der Waals surface area contributed by atoms with E-state index in [4.69, 9.17) is 0 Å². The fourth-order valence-corrected chi connectivity index (χ4v) is 2.98. The summed E-state index contributed by atoms with van der Waals surface area (Å²) in [5.41, 5.74) is 0.790. The van der Waals surface area contributed by atoms with Gasteiger partial charge in [-0.3, -0.25) is 19.9 Å². The molecule has 1 N–H and O–H groups in total. The predicted molar refractivity (Wildman–Crippen MR) is 83.9 cm³/mol. The smallest absolute Gasteiger partial charge is 0.270 e. The third kappa shape index (κ3) is 2.94. The Labute approximate surface area is 129 Å². The van der Waals surface area contributed by atoms with E-state index in [-0.39, 0.29) is 11.6 Å². The molecule has 0 aliphatic rings. The van der Waals surface area contributed by atoms with Gasteiger partial charge in [0.15, 0.2) is 0 Å². The molecule has 0 unspecified atom stereocenters. The highest BCUT2D eigenvalue weighted by molar-refractivity contribution is 7.20. The highest BCUT2D eigenvalue weighted by atomic mass is 32.1. The summed E-state index contributed by atoms with van der Waals surface area (Å²) >= 11 is 1.31. The van der Waals surface area contributed by atoms with Crippen molar-refractivity contribution in [2.45, 2.75) is 6.54 Å². The van der Waals surface area contributed by atoms with Gasteiger partial charge in [-0.2, -0.15) is 0 Å². The van der Waals surface area contributed by atoms with Crippen LogP contribution in [-0.4, -0.2) is 15.8 Å². The van der Waals surface area contributed by atoms with Crippen molar-refractivity contribution in [2.24, 2.45) is 0 Å².